The number of thioether (sulfide) groups is 1. The average Bonchev–Trinajstić information content (AvgIpc) is 2.60. The minimum atomic E-state index is -0.0203. The van der Waals surface area contributed by atoms with Crippen LogP contribution in [0.1, 0.15) is 24.2 Å². The molecule has 1 aliphatic rings. The quantitative estimate of drug-likeness (QED) is 0.582. The summed E-state index contributed by atoms with van der Waals surface area (Å²) >= 11 is 7.68. The molecule has 0 saturated heterocycles. The average molecular weight is 242 g/mol. The summed E-state index contributed by atoms with van der Waals surface area (Å²) in [5.74, 6) is -0.0203. The van der Waals surface area contributed by atoms with Crippen molar-refractivity contribution in [2.24, 2.45) is 0 Å². The molecule has 1 unspecified atom stereocenters. The van der Waals surface area contributed by atoms with E-state index in [1.54, 1.807) is 12.1 Å². The molecule has 4 heteroatoms. The number of rotatable bonds is 1. The Bertz CT molecular complexity index is 408. The van der Waals surface area contributed by atoms with Crippen LogP contribution in [0.2, 0.25) is 5.02 Å². The number of hydrogen-bond donors (Lipinski definition) is 2. The molecule has 2 nitrogen and oxygen atoms in total. The lowest BCUT2D eigenvalue weighted by Gasteiger charge is -2.12. The number of halogens is 1. The molecule has 0 aliphatic carbocycles. The number of phenols is 1. The van der Waals surface area contributed by atoms with Gasteiger partial charge in [0.15, 0.2) is 5.75 Å². The first-order valence-electron chi connectivity index (χ1n) is 4.69. The fourth-order valence-electron chi connectivity index (χ4n) is 1.63. The van der Waals surface area contributed by atoms with Crippen molar-refractivity contribution in [2.45, 2.75) is 18.6 Å². The Morgan fingerprint density at radius 1 is 1.53 bits per heavy atom. The van der Waals surface area contributed by atoms with Gasteiger partial charge in [-0.05, 0) is 35.9 Å². The standard InChI is InChI=1S/C11H12ClNOS/c1-6-2-3-10(15-6)7-4-8(12)11(14)9(13)5-7/h2,4-5,10,14H,3,13H2,1H3. The maximum absolute atomic E-state index is 9.45. The lowest BCUT2D eigenvalue weighted by molar-refractivity contribution is 0.478. The maximum atomic E-state index is 9.45. The molecular formula is C11H12ClNOS. The lowest BCUT2D eigenvalue weighted by atomic mass is 10.1. The minimum absolute atomic E-state index is 0.0203. The first kappa shape index (κ1) is 10.7. The number of benzene rings is 1. The lowest BCUT2D eigenvalue weighted by Crippen LogP contribution is -1.93. The van der Waals surface area contributed by atoms with Crippen LogP contribution in [-0.4, -0.2) is 5.11 Å². The zero-order chi connectivity index (χ0) is 11.0. The first-order valence-corrected chi connectivity index (χ1v) is 5.95. The van der Waals surface area contributed by atoms with Gasteiger partial charge in [0.25, 0.3) is 0 Å². The number of hydrogen-bond acceptors (Lipinski definition) is 3. The smallest absolute Gasteiger partial charge is 0.157 e. The van der Waals surface area contributed by atoms with E-state index in [9.17, 15) is 5.11 Å². The van der Waals surface area contributed by atoms with Gasteiger partial charge >= 0.3 is 0 Å². The molecule has 1 aromatic rings. The topological polar surface area (TPSA) is 46.2 Å². The van der Waals surface area contributed by atoms with Gasteiger partial charge in [0.1, 0.15) is 0 Å². The van der Waals surface area contributed by atoms with Gasteiger partial charge in [-0.2, -0.15) is 0 Å². The van der Waals surface area contributed by atoms with Crippen LogP contribution in [0, 0.1) is 0 Å². The third kappa shape index (κ3) is 2.08. The van der Waals surface area contributed by atoms with Gasteiger partial charge < -0.3 is 10.8 Å². The predicted octanol–water partition coefficient (Wildman–Crippen LogP) is 3.71. The SMILES string of the molecule is CC1=CCC(c2cc(N)c(O)c(Cl)c2)S1. The normalized spacial score (nSPS) is 20.4. The van der Waals surface area contributed by atoms with Crippen LogP contribution in [0.5, 0.6) is 5.75 Å². The predicted molar refractivity (Wildman–Crippen MR) is 66.2 cm³/mol. The van der Waals surface area contributed by atoms with Crippen molar-refractivity contribution in [3.63, 3.8) is 0 Å². The Hall–Kier alpha value is -0.800. The summed E-state index contributed by atoms with van der Waals surface area (Å²) < 4.78 is 0. The molecule has 0 aromatic heterocycles. The molecule has 0 fully saturated rings. The van der Waals surface area contributed by atoms with E-state index in [-0.39, 0.29) is 5.75 Å². The Morgan fingerprint density at radius 2 is 2.27 bits per heavy atom. The highest BCUT2D eigenvalue weighted by Crippen LogP contribution is 2.45. The van der Waals surface area contributed by atoms with Crippen molar-refractivity contribution in [2.75, 3.05) is 5.73 Å². The largest absolute Gasteiger partial charge is 0.504 e. The minimum Gasteiger partial charge on any atom is -0.504 e. The molecule has 2 rings (SSSR count). The van der Waals surface area contributed by atoms with Crippen LogP contribution >= 0.6 is 23.4 Å². The molecule has 0 bridgehead atoms. The van der Waals surface area contributed by atoms with Crippen molar-refractivity contribution in [3.8, 4) is 5.75 Å². The maximum Gasteiger partial charge on any atom is 0.157 e. The van der Waals surface area contributed by atoms with Crippen molar-refractivity contribution in [3.05, 3.63) is 33.7 Å². The molecule has 15 heavy (non-hydrogen) atoms. The third-order valence-electron chi connectivity index (χ3n) is 2.43. The monoisotopic (exact) mass is 241 g/mol. The Morgan fingerprint density at radius 3 is 2.80 bits per heavy atom. The van der Waals surface area contributed by atoms with Crippen LogP contribution in [0.4, 0.5) is 5.69 Å². The van der Waals surface area contributed by atoms with Crippen molar-refractivity contribution >= 4 is 29.1 Å². The first-order chi connectivity index (χ1) is 7.08. The molecule has 1 heterocycles. The van der Waals surface area contributed by atoms with E-state index in [4.69, 9.17) is 17.3 Å². The van der Waals surface area contributed by atoms with Gasteiger partial charge in [0.2, 0.25) is 0 Å². The summed E-state index contributed by atoms with van der Waals surface area (Å²) in [6.07, 6.45) is 3.20. The van der Waals surface area contributed by atoms with Gasteiger partial charge in [-0.15, -0.1) is 11.8 Å². The molecule has 3 N–H and O–H groups in total. The Labute approximate surface area is 98.1 Å². The van der Waals surface area contributed by atoms with Crippen molar-refractivity contribution < 1.29 is 5.11 Å². The molecular weight excluding hydrogens is 230 g/mol. The molecule has 0 radical (unpaired) electrons. The van der Waals surface area contributed by atoms with E-state index in [0.717, 1.165) is 12.0 Å². The number of anilines is 1. The van der Waals surface area contributed by atoms with Gasteiger partial charge in [-0.3, -0.25) is 0 Å². The highest BCUT2D eigenvalue weighted by molar-refractivity contribution is 8.03. The van der Waals surface area contributed by atoms with Crippen LogP contribution in [0.25, 0.3) is 0 Å². The third-order valence-corrected chi connectivity index (χ3v) is 4.01. The summed E-state index contributed by atoms with van der Waals surface area (Å²) in [7, 11) is 0. The van der Waals surface area contributed by atoms with Crippen LogP contribution in [-0.2, 0) is 0 Å². The summed E-state index contributed by atoms with van der Waals surface area (Å²) in [5, 5.41) is 10.2. The van der Waals surface area contributed by atoms with E-state index in [1.165, 1.54) is 4.91 Å². The zero-order valence-electron chi connectivity index (χ0n) is 8.33. The fraction of sp³-hybridized carbons (Fsp3) is 0.273. The summed E-state index contributed by atoms with van der Waals surface area (Å²) in [5.41, 5.74) is 7.09. The number of nitrogens with two attached hydrogens (primary N) is 1. The second-order valence-electron chi connectivity index (χ2n) is 3.60. The Kier molecular flexibility index (Phi) is 2.85. The van der Waals surface area contributed by atoms with E-state index in [2.05, 4.69) is 13.0 Å². The number of nitrogen functional groups attached to an aromatic ring is 1. The van der Waals surface area contributed by atoms with Crippen molar-refractivity contribution in [1.82, 2.24) is 0 Å². The molecule has 1 aliphatic heterocycles. The molecule has 0 amide bonds. The van der Waals surface area contributed by atoms with Gasteiger partial charge in [0, 0.05) is 5.25 Å². The second-order valence-corrected chi connectivity index (χ2v) is 5.45. The van der Waals surface area contributed by atoms with E-state index < -0.39 is 0 Å². The summed E-state index contributed by atoms with van der Waals surface area (Å²) in [6.45, 7) is 2.09. The van der Waals surface area contributed by atoms with Crippen LogP contribution in [0.15, 0.2) is 23.1 Å². The molecule has 1 atom stereocenters. The molecule has 0 spiro atoms. The van der Waals surface area contributed by atoms with Gasteiger partial charge in [0.05, 0.1) is 10.7 Å². The number of phenolic OH excluding ortho intramolecular Hbond substituents is 1. The highest BCUT2D eigenvalue weighted by Gasteiger charge is 2.19. The zero-order valence-corrected chi connectivity index (χ0v) is 9.90. The Balaban J connectivity index is 2.31. The molecule has 1 aromatic carbocycles. The summed E-state index contributed by atoms with van der Waals surface area (Å²) in [6, 6.07) is 3.59. The van der Waals surface area contributed by atoms with Crippen LogP contribution in [0.3, 0.4) is 0 Å². The number of aromatic hydroxyl groups is 1. The van der Waals surface area contributed by atoms with Crippen LogP contribution < -0.4 is 5.73 Å². The van der Waals surface area contributed by atoms with E-state index in [0.29, 0.717) is 16.0 Å². The van der Waals surface area contributed by atoms with Crippen molar-refractivity contribution in [1.29, 1.82) is 0 Å². The molecule has 0 saturated carbocycles. The van der Waals surface area contributed by atoms with Gasteiger partial charge in [-0.1, -0.05) is 17.7 Å². The van der Waals surface area contributed by atoms with Gasteiger partial charge in [-0.25, -0.2) is 0 Å². The van der Waals surface area contributed by atoms with E-state index >= 15 is 0 Å². The second kappa shape index (κ2) is 3.99. The number of allylic oxidation sites excluding steroid dienone is 2. The highest BCUT2D eigenvalue weighted by atomic mass is 35.5. The molecule has 80 valence electrons. The fourth-order valence-corrected chi connectivity index (χ4v) is 2.97. The van der Waals surface area contributed by atoms with E-state index in [1.807, 2.05) is 11.8 Å². The summed E-state index contributed by atoms with van der Waals surface area (Å²) in [4.78, 5) is 1.32.